The molecule has 2 aromatic rings. The summed E-state index contributed by atoms with van der Waals surface area (Å²) in [7, 11) is 0. The first-order valence-electron chi connectivity index (χ1n) is 15.9. The number of nitrogens with one attached hydrogen (secondary N) is 3. The number of nitrogens with zero attached hydrogens (tertiary/aromatic N) is 1. The number of carboxylic acids is 1. The van der Waals surface area contributed by atoms with Crippen molar-refractivity contribution in [2.24, 2.45) is 17.4 Å². The van der Waals surface area contributed by atoms with Crippen LogP contribution >= 0.6 is 0 Å². The normalized spacial score (nSPS) is 16.9. The molecule has 5 atom stereocenters. The molecule has 5 amide bonds. The maximum absolute atomic E-state index is 14.1. The fourth-order valence-corrected chi connectivity index (χ4v) is 5.56. The number of primary amides is 1. The minimum absolute atomic E-state index is 0.0788. The Morgan fingerprint density at radius 1 is 0.830 bits per heavy atom. The van der Waals surface area contributed by atoms with Gasteiger partial charge in [0.25, 0.3) is 0 Å². The van der Waals surface area contributed by atoms with Gasteiger partial charge in [-0.25, -0.2) is 0 Å². The monoisotopic (exact) mass is 650 g/mol. The number of hydrogen-bond acceptors (Lipinski definition) is 7. The third kappa shape index (κ3) is 11.5. The highest BCUT2D eigenvalue weighted by Crippen LogP contribution is 2.21. The summed E-state index contributed by atoms with van der Waals surface area (Å²) in [5.41, 5.74) is 13.0. The van der Waals surface area contributed by atoms with E-state index in [2.05, 4.69) is 16.0 Å². The van der Waals surface area contributed by atoms with Crippen LogP contribution < -0.4 is 27.4 Å². The fraction of sp³-hybridized carbons (Fsp3) is 0.471. The van der Waals surface area contributed by atoms with Crippen LogP contribution in [0.25, 0.3) is 0 Å². The number of nitrogens with two attached hydrogens (primary N) is 2. The molecule has 3 rings (SSSR count). The third-order valence-electron chi connectivity index (χ3n) is 8.02. The Balaban J connectivity index is 1.85. The number of carboxylic acid groups (broad SMARTS) is 1. The number of amides is 5. The second-order valence-corrected chi connectivity index (χ2v) is 12.3. The molecule has 254 valence electrons. The molecule has 0 unspecified atom stereocenters. The van der Waals surface area contributed by atoms with E-state index in [0.29, 0.717) is 19.3 Å². The number of aliphatic carboxylic acids is 1. The van der Waals surface area contributed by atoms with Crippen molar-refractivity contribution >= 4 is 35.5 Å². The van der Waals surface area contributed by atoms with Crippen LogP contribution in [0.1, 0.15) is 57.1 Å². The van der Waals surface area contributed by atoms with Crippen molar-refractivity contribution in [1.29, 1.82) is 0 Å². The molecule has 8 N–H and O–H groups in total. The van der Waals surface area contributed by atoms with Gasteiger partial charge in [0.1, 0.15) is 24.2 Å². The summed E-state index contributed by atoms with van der Waals surface area (Å²) in [6.07, 6.45) is 1.01. The molecule has 13 heteroatoms. The van der Waals surface area contributed by atoms with Crippen LogP contribution in [0.4, 0.5) is 0 Å². The minimum atomic E-state index is -1.16. The molecule has 1 aliphatic heterocycles. The molecule has 0 saturated carbocycles. The van der Waals surface area contributed by atoms with Crippen LogP contribution in [0.15, 0.2) is 60.7 Å². The molecule has 0 aliphatic carbocycles. The summed E-state index contributed by atoms with van der Waals surface area (Å²) < 4.78 is 0. The van der Waals surface area contributed by atoms with Gasteiger partial charge in [0.15, 0.2) is 0 Å². The van der Waals surface area contributed by atoms with E-state index < -0.39 is 65.7 Å². The SMILES string of the molecule is CC(C)C[C@H](NC(=O)[C@@H]1CCCN1C(=O)[C@H](Cc1ccccc1)NC(=O)[C@H](Cc1ccccc1)NC(=O)[C@@H](N)CCC(=O)O)C(N)=O. The van der Waals surface area contributed by atoms with Crippen LogP contribution in [0, 0.1) is 5.92 Å². The number of likely N-dealkylation sites (tertiary alicyclic amines) is 1. The van der Waals surface area contributed by atoms with Crippen molar-refractivity contribution in [2.75, 3.05) is 6.54 Å². The van der Waals surface area contributed by atoms with Crippen molar-refractivity contribution in [1.82, 2.24) is 20.9 Å². The highest BCUT2D eigenvalue weighted by atomic mass is 16.4. The van der Waals surface area contributed by atoms with Crippen LogP contribution in [-0.2, 0) is 41.6 Å². The number of benzene rings is 2. The Morgan fingerprint density at radius 3 is 1.91 bits per heavy atom. The molecule has 0 aromatic heterocycles. The quantitative estimate of drug-likeness (QED) is 0.143. The average molecular weight is 651 g/mol. The molecular weight excluding hydrogens is 604 g/mol. The van der Waals surface area contributed by atoms with Crippen molar-refractivity contribution in [3.63, 3.8) is 0 Å². The van der Waals surface area contributed by atoms with Crippen molar-refractivity contribution in [2.45, 2.75) is 89.0 Å². The smallest absolute Gasteiger partial charge is 0.303 e. The van der Waals surface area contributed by atoms with Gasteiger partial charge in [-0.2, -0.15) is 0 Å². The van der Waals surface area contributed by atoms with E-state index in [4.69, 9.17) is 16.6 Å². The van der Waals surface area contributed by atoms with Gasteiger partial charge in [-0.15, -0.1) is 0 Å². The van der Waals surface area contributed by atoms with Gasteiger partial charge in [-0.1, -0.05) is 74.5 Å². The standard InChI is InChI=1S/C34H46N6O7/c1-21(2)18-25(30(36)43)37-33(46)28-14-9-17-40(28)34(47)27(20-23-12-7-4-8-13-23)39-32(45)26(19-22-10-5-3-6-11-22)38-31(44)24(35)15-16-29(41)42/h3-8,10-13,21,24-28H,9,14-20,35H2,1-2H3,(H2,36,43)(H,37,46)(H,38,44)(H,39,45)(H,41,42)/t24-,25-,26-,27-,28-/m0/s1. The van der Waals surface area contributed by atoms with E-state index in [9.17, 15) is 28.8 Å². The molecule has 0 bridgehead atoms. The van der Waals surface area contributed by atoms with Crippen molar-refractivity contribution in [3.8, 4) is 0 Å². The molecule has 1 heterocycles. The average Bonchev–Trinajstić information content (AvgIpc) is 3.53. The van der Waals surface area contributed by atoms with Gasteiger partial charge in [-0.3, -0.25) is 28.8 Å². The molecule has 0 radical (unpaired) electrons. The largest absolute Gasteiger partial charge is 0.481 e. The van der Waals surface area contributed by atoms with E-state index in [1.54, 1.807) is 36.4 Å². The van der Waals surface area contributed by atoms with Crippen LogP contribution in [0.2, 0.25) is 0 Å². The maximum Gasteiger partial charge on any atom is 0.303 e. The maximum atomic E-state index is 14.1. The summed E-state index contributed by atoms with van der Waals surface area (Å²) in [5.74, 6) is -3.99. The molecule has 1 fully saturated rings. The van der Waals surface area contributed by atoms with Gasteiger partial charge in [-0.05, 0) is 42.7 Å². The van der Waals surface area contributed by atoms with Gasteiger partial charge in [0.05, 0.1) is 6.04 Å². The van der Waals surface area contributed by atoms with Crippen LogP contribution in [0.5, 0.6) is 0 Å². The fourth-order valence-electron chi connectivity index (χ4n) is 5.56. The topological polar surface area (TPSA) is 214 Å². The molecule has 0 spiro atoms. The Labute approximate surface area is 274 Å². The first-order valence-corrected chi connectivity index (χ1v) is 15.9. The number of rotatable bonds is 17. The number of carbonyl (C=O) groups excluding carboxylic acids is 5. The van der Waals surface area contributed by atoms with Crippen LogP contribution in [0.3, 0.4) is 0 Å². The van der Waals surface area contributed by atoms with Gasteiger partial charge < -0.3 is 37.4 Å². The predicted octanol–water partition coefficient (Wildman–Crippen LogP) is 0.641. The highest BCUT2D eigenvalue weighted by molar-refractivity contribution is 5.96. The minimum Gasteiger partial charge on any atom is -0.481 e. The lowest BCUT2D eigenvalue weighted by molar-refractivity contribution is -0.142. The second-order valence-electron chi connectivity index (χ2n) is 12.3. The van der Waals surface area contributed by atoms with E-state index in [1.165, 1.54) is 4.90 Å². The second kappa shape index (κ2) is 17.8. The van der Waals surface area contributed by atoms with E-state index >= 15 is 0 Å². The first-order chi connectivity index (χ1) is 22.3. The zero-order valence-corrected chi connectivity index (χ0v) is 26.9. The first kappa shape index (κ1) is 36.7. The molecular formula is C34H46N6O7. The third-order valence-corrected chi connectivity index (χ3v) is 8.02. The molecule has 13 nitrogen and oxygen atoms in total. The van der Waals surface area contributed by atoms with Crippen molar-refractivity contribution in [3.05, 3.63) is 71.8 Å². The highest BCUT2D eigenvalue weighted by Gasteiger charge is 2.39. The van der Waals surface area contributed by atoms with Crippen LogP contribution in [-0.4, -0.2) is 82.3 Å². The Morgan fingerprint density at radius 2 is 1.38 bits per heavy atom. The molecule has 1 aliphatic rings. The lowest BCUT2D eigenvalue weighted by atomic mass is 10.0. The Kier molecular flexibility index (Phi) is 13.9. The number of carbonyl (C=O) groups is 6. The zero-order chi connectivity index (χ0) is 34.5. The van der Waals surface area contributed by atoms with Gasteiger partial charge in [0.2, 0.25) is 29.5 Å². The zero-order valence-electron chi connectivity index (χ0n) is 26.9. The summed E-state index contributed by atoms with van der Waals surface area (Å²) in [5, 5.41) is 17.2. The summed E-state index contributed by atoms with van der Waals surface area (Å²) in [4.78, 5) is 78.7. The molecule has 1 saturated heterocycles. The Hall–Kier alpha value is -4.78. The van der Waals surface area contributed by atoms with E-state index in [-0.39, 0.29) is 38.1 Å². The lowest BCUT2D eigenvalue weighted by Crippen LogP contribution is -2.59. The van der Waals surface area contributed by atoms with E-state index in [0.717, 1.165) is 11.1 Å². The molecule has 2 aromatic carbocycles. The van der Waals surface area contributed by atoms with E-state index in [1.807, 2.05) is 38.1 Å². The Bertz CT molecular complexity index is 1390. The molecule has 47 heavy (non-hydrogen) atoms. The lowest BCUT2D eigenvalue weighted by Gasteiger charge is -2.31. The summed E-state index contributed by atoms with van der Waals surface area (Å²) in [6, 6.07) is 12.9. The van der Waals surface area contributed by atoms with Crippen molar-refractivity contribution < 1.29 is 33.9 Å². The van der Waals surface area contributed by atoms with Gasteiger partial charge >= 0.3 is 5.97 Å². The summed E-state index contributed by atoms with van der Waals surface area (Å²) in [6.45, 7) is 4.08. The summed E-state index contributed by atoms with van der Waals surface area (Å²) >= 11 is 0. The number of hydrogen-bond donors (Lipinski definition) is 6. The van der Waals surface area contributed by atoms with Gasteiger partial charge in [0, 0.05) is 25.8 Å². The predicted molar refractivity (Wildman–Crippen MR) is 174 cm³/mol.